The van der Waals surface area contributed by atoms with Gasteiger partial charge in [0.15, 0.2) is 0 Å². The van der Waals surface area contributed by atoms with Gasteiger partial charge in [-0.3, -0.25) is 4.79 Å². The molecule has 0 spiro atoms. The van der Waals surface area contributed by atoms with Crippen LogP contribution in [0.25, 0.3) is 0 Å². The van der Waals surface area contributed by atoms with Crippen molar-refractivity contribution in [2.75, 3.05) is 32.8 Å². The number of nitrogens with zero attached hydrogens (tertiary/aromatic N) is 1. The summed E-state index contributed by atoms with van der Waals surface area (Å²) >= 11 is 0. The molecule has 2 heterocycles. The Kier molecular flexibility index (Phi) is 2.98. The van der Waals surface area contributed by atoms with Crippen molar-refractivity contribution < 1.29 is 14.6 Å². The molecular weight excluding hydrogens is 194 g/mol. The van der Waals surface area contributed by atoms with E-state index in [1.165, 1.54) is 12.8 Å². The second-order valence-electron chi connectivity index (χ2n) is 5.04. The molecule has 86 valence electrons. The summed E-state index contributed by atoms with van der Waals surface area (Å²) in [5, 5.41) is 9.16. The monoisotopic (exact) mass is 213 g/mol. The fraction of sp³-hybridized carbons (Fsp3) is 0.909. The molecule has 4 nitrogen and oxygen atoms in total. The van der Waals surface area contributed by atoms with E-state index in [-0.39, 0.29) is 0 Å². The second-order valence-corrected chi connectivity index (χ2v) is 5.04. The zero-order valence-electron chi connectivity index (χ0n) is 9.24. The zero-order valence-corrected chi connectivity index (χ0v) is 9.24. The van der Waals surface area contributed by atoms with Gasteiger partial charge in [-0.15, -0.1) is 0 Å². The smallest absolute Gasteiger partial charge is 0.315 e. The lowest BCUT2D eigenvalue weighted by Gasteiger charge is -2.42. The van der Waals surface area contributed by atoms with Gasteiger partial charge < -0.3 is 14.7 Å². The number of rotatable bonds is 3. The van der Waals surface area contributed by atoms with E-state index in [1.54, 1.807) is 0 Å². The fourth-order valence-electron chi connectivity index (χ4n) is 2.28. The van der Waals surface area contributed by atoms with Gasteiger partial charge in [-0.2, -0.15) is 0 Å². The number of carboxylic acids is 1. The van der Waals surface area contributed by atoms with Crippen molar-refractivity contribution in [1.29, 1.82) is 0 Å². The minimum Gasteiger partial charge on any atom is -0.481 e. The van der Waals surface area contributed by atoms with E-state index in [2.05, 4.69) is 11.8 Å². The molecule has 0 unspecified atom stereocenters. The molecule has 0 aromatic carbocycles. The average molecular weight is 213 g/mol. The number of aliphatic carboxylic acids is 1. The van der Waals surface area contributed by atoms with Gasteiger partial charge in [-0.1, -0.05) is 6.92 Å². The maximum atomic E-state index is 11.1. The van der Waals surface area contributed by atoms with Crippen LogP contribution in [0, 0.1) is 11.3 Å². The molecule has 2 fully saturated rings. The van der Waals surface area contributed by atoms with Crippen LogP contribution in [0.2, 0.25) is 0 Å². The molecule has 15 heavy (non-hydrogen) atoms. The van der Waals surface area contributed by atoms with Crippen molar-refractivity contribution in [3.05, 3.63) is 0 Å². The summed E-state index contributed by atoms with van der Waals surface area (Å²) in [6.45, 7) is 5.76. The van der Waals surface area contributed by atoms with E-state index >= 15 is 0 Å². The molecule has 0 aliphatic carbocycles. The maximum absolute atomic E-state index is 11.1. The first-order valence-corrected chi connectivity index (χ1v) is 5.66. The lowest BCUT2D eigenvalue weighted by Crippen LogP contribution is -2.56. The predicted molar refractivity (Wildman–Crippen MR) is 55.7 cm³/mol. The number of likely N-dealkylation sites (tertiary alicyclic amines) is 1. The summed E-state index contributed by atoms with van der Waals surface area (Å²) in [4.78, 5) is 13.4. The third-order valence-electron chi connectivity index (χ3n) is 3.61. The summed E-state index contributed by atoms with van der Waals surface area (Å²) in [5.41, 5.74) is -0.611. The van der Waals surface area contributed by atoms with Gasteiger partial charge in [0.25, 0.3) is 0 Å². The lowest BCUT2D eigenvalue weighted by molar-refractivity contribution is -0.184. The molecule has 2 aliphatic heterocycles. The first kappa shape index (κ1) is 10.9. The quantitative estimate of drug-likeness (QED) is 0.754. The summed E-state index contributed by atoms with van der Waals surface area (Å²) < 4.78 is 5.05. The summed E-state index contributed by atoms with van der Waals surface area (Å²) in [5.74, 6) is 0.0899. The topological polar surface area (TPSA) is 49.8 Å². The highest BCUT2D eigenvalue weighted by molar-refractivity contribution is 5.76. The number of piperidine rings is 1. The summed E-state index contributed by atoms with van der Waals surface area (Å²) in [6.07, 6.45) is 2.38. The van der Waals surface area contributed by atoms with E-state index in [9.17, 15) is 4.79 Å². The van der Waals surface area contributed by atoms with E-state index in [0.717, 1.165) is 19.0 Å². The van der Waals surface area contributed by atoms with E-state index in [1.807, 2.05) is 0 Å². The standard InChI is InChI=1S/C11H19NO3/c1-9-2-4-12(5-3-9)6-11(10(13)14)7-15-8-11/h9H,2-8H2,1H3,(H,13,14). The molecule has 0 amide bonds. The van der Waals surface area contributed by atoms with Crippen LogP contribution in [-0.2, 0) is 9.53 Å². The SMILES string of the molecule is CC1CCN(CC2(C(=O)O)COC2)CC1. The molecule has 0 aromatic heterocycles. The minimum absolute atomic E-state index is 0.383. The van der Waals surface area contributed by atoms with Crippen LogP contribution in [0.5, 0.6) is 0 Å². The summed E-state index contributed by atoms with van der Waals surface area (Å²) in [7, 11) is 0. The van der Waals surface area contributed by atoms with Crippen LogP contribution >= 0.6 is 0 Å². The Morgan fingerprint density at radius 3 is 2.47 bits per heavy atom. The Balaban J connectivity index is 1.88. The van der Waals surface area contributed by atoms with Crippen LogP contribution in [0.3, 0.4) is 0 Å². The van der Waals surface area contributed by atoms with Gasteiger partial charge >= 0.3 is 5.97 Å². The van der Waals surface area contributed by atoms with Crippen molar-refractivity contribution in [3.63, 3.8) is 0 Å². The molecule has 0 saturated carbocycles. The fourth-order valence-corrected chi connectivity index (χ4v) is 2.28. The van der Waals surface area contributed by atoms with Gasteiger partial charge in [-0.05, 0) is 31.8 Å². The van der Waals surface area contributed by atoms with E-state index in [4.69, 9.17) is 9.84 Å². The Bertz CT molecular complexity index is 242. The third-order valence-corrected chi connectivity index (χ3v) is 3.61. The van der Waals surface area contributed by atoms with Crippen molar-refractivity contribution in [2.24, 2.45) is 11.3 Å². The number of hydrogen-bond acceptors (Lipinski definition) is 3. The van der Waals surface area contributed by atoms with Gasteiger partial charge in [-0.25, -0.2) is 0 Å². The number of carbonyl (C=O) groups is 1. The van der Waals surface area contributed by atoms with E-state index < -0.39 is 11.4 Å². The second kappa shape index (κ2) is 4.10. The van der Waals surface area contributed by atoms with Gasteiger partial charge in [0.1, 0.15) is 5.41 Å². The molecule has 0 bridgehead atoms. The first-order valence-electron chi connectivity index (χ1n) is 5.66. The number of ether oxygens (including phenoxy) is 1. The predicted octanol–water partition coefficient (Wildman–Crippen LogP) is 0.819. The van der Waals surface area contributed by atoms with Crippen molar-refractivity contribution >= 4 is 5.97 Å². The summed E-state index contributed by atoms with van der Waals surface area (Å²) in [6, 6.07) is 0. The minimum atomic E-state index is -0.702. The van der Waals surface area contributed by atoms with Gasteiger partial charge in [0.05, 0.1) is 13.2 Å². The number of hydrogen-bond donors (Lipinski definition) is 1. The third kappa shape index (κ3) is 2.16. The number of carboxylic acid groups (broad SMARTS) is 1. The normalized spacial score (nSPS) is 27.3. The molecule has 2 saturated heterocycles. The Labute approximate surface area is 90.2 Å². The largest absolute Gasteiger partial charge is 0.481 e. The Morgan fingerprint density at radius 1 is 1.47 bits per heavy atom. The van der Waals surface area contributed by atoms with Crippen molar-refractivity contribution in [2.45, 2.75) is 19.8 Å². The van der Waals surface area contributed by atoms with Crippen LogP contribution in [-0.4, -0.2) is 48.8 Å². The highest BCUT2D eigenvalue weighted by Crippen LogP contribution is 2.30. The highest BCUT2D eigenvalue weighted by atomic mass is 16.5. The molecule has 0 atom stereocenters. The maximum Gasteiger partial charge on any atom is 0.315 e. The molecule has 0 radical (unpaired) electrons. The van der Waals surface area contributed by atoms with Crippen molar-refractivity contribution in [1.82, 2.24) is 4.90 Å². The van der Waals surface area contributed by atoms with E-state index in [0.29, 0.717) is 19.8 Å². The average Bonchev–Trinajstić information content (AvgIpc) is 2.13. The lowest BCUT2D eigenvalue weighted by atomic mass is 9.84. The highest BCUT2D eigenvalue weighted by Gasteiger charge is 2.47. The molecular formula is C11H19NO3. The Morgan fingerprint density at radius 2 is 2.07 bits per heavy atom. The molecule has 2 rings (SSSR count). The van der Waals surface area contributed by atoms with Crippen LogP contribution in [0.15, 0.2) is 0 Å². The molecule has 4 heteroatoms. The van der Waals surface area contributed by atoms with Crippen molar-refractivity contribution in [3.8, 4) is 0 Å². The Hall–Kier alpha value is -0.610. The molecule has 1 N–H and O–H groups in total. The first-order chi connectivity index (χ1) is 7.12. The molecule has 2 aliphatic rings. The van der Waals surface area contributed by atoms with Crippen LogP contribution in [0.4, 0.5) is 0 Å². The van der Waals surface area contributed by atoms with Crippen LogP contribution in [0.1, 0.15) is 19.8 Å². The van der Waals surface area contributed by atoms with Gasteiger partial charge in [0.2, 0.25) is 0 Å². The van der Waals surface area contributed by atoms with Crippen LogP contribution < -0.4 is 0 Å². The van der Waals surface area contributed by atoms with Gasteiger partial charge in [0, 0.05) is 6.54 Å². The zero-order chi connectivity index (χ0) is 10.9. The molecule has 0 aromatic rings.